The number of ether oxygens (including phenoxy) is 2. The average molecular weight is 244 g/mol. The predicted molar refractivity (Wildman–Crippen MR) is 68.9 cm³/mol. The smallest absolute Gasteiger partial charge is 0.158 e. The molecular formula is C14H28O3. The van der Waals surface area contributed by atoms with E-state index in [1.165, 1.54) is 51.4 Å². The van der Waals surface area contributed by atoms with E-state index in [2.05, 4.69) is 6.92 Å². The van der Waals surface area contributed by atoms with Crippen LogP contribution < -0.4 is 0 Å². The monoisotopic (exact) mass is 244 g/mol. The van der Waals surface area contributed by atoms with Gasteiger partial charge in [0, 0.05) is 0 Å². The topological polar surface area (TPSA) is 38.7 Å². The molecule has 1 aliphatic rings. The van der Waals surface area contributed by atoms with Crippen molar-refractivity contribution in [1.29, 1.82) is 0 Å². The molecule has 0 saturated carbocycles. The standard InChI is InChI=1S/C14H28O3/c1-2-3-4-5-6-7-8-9-10-14-16-12-13(11-15)17-14/h13-15H,2-12H2,1H3. The third kappa shape index (κ3) is 7.02. The fourth-order valence-electron chi connectivity index (χ4n) is 2.20. The Morgan fingerprint density at radius 1 is 1.00 bits per heavy atom. The Labute approximate surface area is 105 Å². The van der Waals surface area contributed by atoms with Crippen LogP contribution in [-0.2, 0) is 9.47 Å². The Morgan fingerprint density at radius 3 is 2.24 bits per heavy atom. The van der Waals surface area contributed by atoms with Crippen LogP contribution in [0.15, 0.2) is 0 Å². The number of rotatable bonds is 10. The largest absolute Gasteiger partial charge is 0.394 e. The molecule has 0 spiro atoms. The van der Waals surface area contributed by atoms with Crippen molar-refractivity contribution in [3.05, 3.63) is 0 Å². The molecular weight excluding hydrogens is 216 g/mol. The zero-order valence-corrected chi connectivity index (χ0v) is 11.2. The highest BCUT2D eigenvalue weighted by atomic mass is 16.7. The van der Waals surface area contributed by atoms with E-state index in [9.17, 15) is 0 Å². The number of hydrogen-bond donors (Lipinski definition) is 1. The van der Waals surface area contributed by atoms with E-state index in [4.69, 9.17) is 14.6 Å². The van der Waals surface area contributed by atoms with Gasteiger partial charge in [0.05, 0.1) is 13.2 Å². The average Bonchev–Trinajstić information content (AvgIpc) is 2.80. The summed E-state index contributed by atoms with van der Waals surface area (Å²) in [5.74, 6) is 0. The van der Waals surface area contributed by atoms with E-state index >= 15 is 0 Å². The molecule has 1 fully saturated rings. The molecule has 102 valence electrons. The lowest BCUT2D eigenvalue weighted by molar-refractivity contribution is -0.0701. The van der Waals surface area contributed by atoms with Crippen LogP contribution in [0.3, 0.4) is 0 Å². The molecule has 1 aliphatic heterocycles. The lowest BCUT2D eigenvalue weighted by Crippen LogP contribution is -2.16. The Bertz CT molecular complexity index is 173. The van der Waals surface area contributed by atoms with Gasteiger partial charge >= 0.3 is 0 Å². The number of unbranched alkanes of at least 4 members (excludes halogenated alkanes) is 7. The Morgan fingerprint density at radius 2 is 1.65 bits per heavy atom. The second-order valence-corrected chi connectivity index (χ2v) is 4.97. The minimum atomic E-state index is -0.0888. The first kappa shape index (κ1) is 14.9. The van der Waals surface area contributed by atoms with Crippen LogP contribution in [0.25, 0.3) is 0 Å². The quantitative estimate of drug-likeness (QED) is 0.599. The van der Waals surface area contributed by atoms with E-state index < -0.39 is 0 Å². The van der Waals surface area contributed by atoms with Crippen LogP contribution >= 0.6 is 0 Å². The van der Waals surface area contributed by atoms with Crippen LogP contribution in [0.4, 0.5) is 0 Å². The van der Waals surface area contributed by atoms with Gasteiger partial charge in [-0.25, -0.2) is 0 Å². The first-order chi connectivity index (χ1) is 8.36. The zero-order chi connectivity index (χ0) is 12.3. The molecule has 0 aliphatic carbocycles. The maximum atomic E-state index is 8.89. The summed E-state index contributed by atoms with van der Waals surface area (Å²) in [4.78, 5) is 0. The molecule has 2 atom stereocenters. The molecule has 1 saturated heterocycles. The summed E-state index contributed by atoms with van der Waals surface area (Å²) in [6.07, 6.45) is 11.5. The van der Waals surface area contributed by atoms with Crippen LogP contribution in [-0.4, -0.2) is 30.7 Å². The van der Waals surface area contributed by atoms with Gasteiger partial charge in [-0.2, -0.15) is 0 Å². The van der Waals surface area contributed by atoms with E-state index in [0.29, 0.717) is 6.61 Å². The maximum Gasteiger partial charge on any atom is 0.158 e. The summed E-state index contributed by atoms with van der Waals surface area (Å²) in [7, 11) is 0. The minimum Gasteiger partial charge on any atom is -0.394 e. The molecule has 0 aromatic carbocycles. The molecule has 3 heteroatoms. The fourth-order valence-corrected chi connectivity index (χ4v) is 2.20. The number of aliphatic hydroxyl groups is 1. The third-order valence-corrected chi connectivity index (χ3v) is 3.31. The molecule has 17 heavy (non-hydrogen) atoms. The molecule has 2 unspecified atom stereocenters. The second-order valence-electron chi connectivity index (χ2n) is 4.97. The van der Waals surface area contributed by atoms with Crippen LogP contribution in [0.1, 0.15) is 64.7 Å². The van der Waals surface area contributed by atoms with Gasteiger partial charge in [0.2, 0.25) is 0 Å². The van der Waals surface area contributed by atoms with Crippen molar-refractivity contribution >= 4 is 0 Å². The van der Waals surface area contributed by atoms with Crippen molar-refractivity contribution in [3.63, 3.8) is 0 Å². The van der Waals surface area contributed by atoms with E-state index in [0.717, 1.165) is 6.42 Å². The Balaban J connectivity index is 1.81. The summed E-state index contributed by atoms with van der Waals surface area (Å²) in [6, 6.07) is 0. The second kappa shape index (κ2) is 9.86. The minimum absolute atomic E-state index is 0.0627. The van der Waals surface area contributed by atoms with Crippen LogP contribution in [0, 0.1) is 0 Å². The number of aliphatic hydroxyl groups excluding tert-OH is 1. The molecule has 0 amide bonds. The van der Waals surface area contributed by atoms with Crippen molar-refractivity contribution in [1.82, 2.24) is 0 Å². The number of hydrogen-bond acceptors (Lipinski definition) is 3. The normalized spacial score (nSPS) is 24.4. The molecule has 0 aromatic rings. The zero-order valence-electron chi connectivity index (χ0n) is 11.2. The van der Waals surface area contributed by atoms with Gasteiger partial charge in [0.1, 0.15) is 6.10 Å². The lowest BCUT2D eigenvalue weighted by Gasteiger charge is -2.09. The highest BCUT2D eigenvalue weighted by molar-refractivity contribution is 4.63. The summed E-state index contributed by atoms with van der Waals surface area (Å²) >= 11 is 0. The summed E-state index contributed by atoms with van der Waals surface area (Å²) in [6.45, 7) is 2.88. The summed E-state index contributed by atoms with van der Waals surface area (Å²) in [5, 5.41) is 8.89. The van der Waals surface area contributed by atoms with Gasteiger partial charge in [-0.15, -0.1) is 0 Å². The molecule has 1 rings (SSSR count). The molecule has 0 radical (unpaired) electrons. The summed E-state index contributed by atoms with van der Waals surface area (Å²) < 4.78 is 10.9. The fraction of sp³-hybridized carbons (Fsp3) is 1.00. The van der Waals surface area contributed by atoms with Gasteiger partial charge in [-0.05, 0) is 12.8 Å². The maximum absolute atomic E-state index is 8.89. The highest BCUT2D eigenvalue weighted by Gasteiger charge is 2.24. The molecule has 1 N–H and O–H groups in total. The van der Waals surface area contributed by atoms with Crippen molar-refractivity contribution in [2.24, 2.45) is 0 Å². The van der Waals surface area contributed by atoms with Crippen molar-refractivity contribution in [2.75, 3.05) is 13.2 Å². The third-order valence-electron chi connectivity index (χ3n) is 3.31. The molecule has 1 heterocycles. The van der Waals surface area contributed by atoms with E-state index in [-0.39, 0.29) is 19.0 Å². The Hall–Kier alpha value is -0.120. The van der Waals surface area contributed by atoms with E-state index in [1.54, 1.807) is 0 Å². The molecule has 0 bridgehead atoms. The van der Waals surface area contributed by atoms with Crippen molar-refractivity contribution in [2.45, 2.75) is 77.1 Å². The lowest BCUT2D eigenvalue weighted by atomic mass is 10.1. The van der Waals surface area contributed by atoms with Crippen molar-refractivity contribution in [3.8, 4) is 0 Å². The van der Waals surface area contributed by atoms with Crippen LogP contribution in [0.2, 0.25) is 0 Å². The van der Waals surface area contributed by atoms with E-state index in [1.807, 2.05) is 0 Å². The van der Waals surface area contributed by atoms with Gasteiger partial charge in [0.25, 0.3) is 0 Å². The van der Waals surface area contributed by atoms with Crippen LogP contribution in [0.5, 0.6) is 0 Å². The first-order valence-corrected chi connectivity index (χ1v) is 7.24. The molecule has 0 aromatic heterocycles. The SMILES string of the molecule is CCCCCCCCCCC1OCC(CO)O1. The van der Waals surface area contributed by atoms with Gasteiger partial charge < -0.3 is 14.6 Å². The molecule has 3 nitrogen and oxygen atoms in total. The highest BCUT2D eigenvalue weighted by Crippen LogP contribution is 2.18. The first-order valence-electron chi connectivity index (χ1n) is 7.24. The summed E-state index contributed by atoms with van der Waals surface area (Å²) in [5.41, 5.74) is 0. The van der Waals surface area contributed by atoms with Crippen molar-refractivity contribution < 1.29 is 14.6 Å². The Kier molecular flexibility index (Phi) is 8.67. The van der Waals surface area contributed by atoms with Gasteiger partial charge in [0.15, 0.2) is 6.29 Å². The predicted octanol–water partition coefficient (Wildman–Crippen LogP) is 3.25. The van der Waals surface area contributed by atoms with Gasteiger partial charge in [-0.3, -0.25) is 0 Å². The van der Waals surface area contributed by atoms with Gasteiger partial charge in [-0.1, -0.05) is 51.9 Å².